The van der Waals surface area contributed by atoms with Crippen molar-refractivity contribution in [2.75, 3.05) is 19.6 Å². The molecule has 0 aromatic carbocycles. The van der Waals surface area contributed by atoms with Crippen LogP contribution in [0.5, 0.6) is 0 Å². The van der Waals surface area contributed by atoms with Crippen LogP contribution in [0.15, 0.2) is 0 Å². The lowest BCUT2D eigenvalue weighted by Gasteiger charge is -2.26. The van der Waals surface area contributed by atoms with Crippen LogP contribution in [0, 0.1) is 17.8 Å². The van der Waals surface area contributed by atoms with E-state index in [0.29, 0.717) is 0 Å². The second-order valence-corrected chi connectivity index (χ2v) is 5.94. The van der Waals surface area contributed by atoms with Crippen LogP contribution in [0.1, 0.15) is 67.2 Å². The minimum atomic E-state index is 0.837. The molecular formula is C16H35N. The zero-order valence-electron chi connectivity index (χ0n) is 13.1. The van der Waals surface area contributed by atoms with Gasteiger partial charge in [0.1, 0.15) is 0 Å². The highest BCUT2D eigenvalue weighted by Gasteiger charge is 2.11. The largest absolute Gasteiger partial charge is 0.303 e. The van der Waals surface area contributed by atoms with E-state index in [0.717, 1.165) is 17.8 Å². The number of nitrogens with zero attached hydrogens (tertiary/aromatic N) is 1. The summed E-state index contributed by atoms with van der Waals surface area (Å²) in [5.41, 5.74) is 0. The number of hydrogen-bond acceptors (Lipinski definition) is 1. The summed E-state index contributed by atoms with van der Waals surface area (Å²) in [6.45, 7) is 17.8. The smallest absolute Gasteiger partial charge is 0.000934 e. The van der Waals surface area contributed by atoms with E-state index in [2.05, 4.69) is 46.4 Å². The van der Waals surface area contributed by atoms with Gasteiger partial charge in [-0.05, 0) is 43.7 Å². The highest BCUT2D eigenvalue weighted by molar-refractivity contribution is 4.65. The van der Waals surface area contributed by atoms with Gasteiger partial charge in [-0.1, -0.05) is 54.4 Å². The molecule has 0 saturated carbocycles. The molecule has 1 heteroatoms. The van der Waals surface area contributed by atoms with Gasteiger partial charge < -0.3 is 4.90 Å². The lowest BCUT2D eigenvalue weighted by Crippen LogP contribution is -2.30. The molecule has 0 rings (SSSR count). The Morgan fingerprint density at radius 1 is 0.941 bits per heavy atom. The van der Waals surface area contributed by atoms with E-state index in [1.54, 1.807) is 0 Å². The highest BCUT2D eigenvalue weighted by atomic mass is 15.1. The summed E-state index contributed by atoms with van der Waals surface area (Å²) in [6, 6.07) is 0. The Bertz CT molecular complexity index is 161. The highest BCUT2D eigenvalue weighted by Crippen LogP contribution is 2.17. The molecule has 0 aromatic heterocycles. The topological polar surface area (TPSA) is 3.24 Å². The molecule has 0 N–H and O–H groups in total. The van der Waals surface area contributed by atoms with Crippen LogP contribution in [0.3, 0.4) is 0 Å². The molecule has 0 radical (unpaired) electrons. The summed E-state index contributed by atoms with van der Waals surface area (Å²) in [5, 5.41) is 0. The van der Waals surface area contributed by atoms with Crippen LogP contribution in [0.25, 0.3) is 0 Å². The Morgan fingerprint density at radius 3 is 1.94 bits per heavy atom. The molecule has 0 bridgehead atoms. The summed E-state index contributed by atoms with van der Waals surface area (Å²) in [4.78, 5) is 2.64. The van der Waals surface area contributed by atoms with Crippen molar-refractivity contribution in [2.45, 2.75) is 67.2 Å². The van der Waals surface area contributed by atoms with Gasteiger partial charge in [-0.15, -0.1) is 0 Å². The first-order valence-electron chi connectivity index (χ1n) is 7.77. The van der Waals surface area contributed by atoms with Crippen molar-refractivity contribution in [1.82, 2.24) is 4.90 Å². The Morgan fingerprint density at radius 2 is 1.53 bits per heavy atom. The van der Waals surface area contributed by atoms with Gasteiger partial charge in [0.05, 0.1) is 0 Å². The lowest BCUT2D eigenvalue weighted by atomic mass is 9.93. The van der Waals surface area contributed by atoms with Crippen LogP contribution < -0.4 is 0 Å². The van der Waals surface area contributed by atoms with Gasteiger partial charge >= 0.3 is 0 Å². The molecule has 104 valence electrons. The minimum absolute atomic E-state index is 0.837. The Kier molecular flexibility index (Phi) is 9.91. The first-order valence-corrected chi connectivity index (χ1v) is 7.77. The van der Waals surface area contributed by atoms with E-state index < -0.39 is 0 Å². The van der Waals surface area contributed by atoms with E-state index in [1.165, 1.54) is 45.3 Å². The Balaban J connectivity index is 3.82. The zero-order chi connectivity index (χ0) is 13.3. The quantitative estimate of drug-likeness (QED) is 0.530. The van der Waals surface area contributed by atoms with E-state index in [1.807, 2.05) is 0 Å². The molecule has 0 fully saturated rings. The lowest BCUT2D eigenvalue weighted by molar-refractivity contribution is 0.222. The molecule has 17 heavy (non-hydrogen) atoms. The third-order valence-electron chi connectivity index (χ3n) is 4.39. The van der Waals surface area contributed by atoms with E-state index in [9.17, 15) is 0 Å². The second-order valence-electron chi connectivity index (χ2n) is 5.94. The molecule has 1 unspecified atom stereocenters. The molecular weight excluding hydrogens is 206 g/mol. The predicted octanol–water partition coefficient (Wildman–Crippen LogP) is 4.82. The fraction of sp³-hybridized carbons (Fsp3) is 1.00. The van der Waals surface area contributed by atoms with Crippen LogP contribution >= 0.6 is 0 Å². The van der Waals surface area contributed by atoms with Crippen LogP contribution in [0.2, 0.25) is 0 Å². The molecule has 1 nitrogen and oxygen atoms in total. The summed E-state index contributed by atoms with van der Waals surface area (Å²) < 4.78 is 0. The molecule has 0 spiro atoms. The molecule has 0 aliphatic carbocycles. The Hall–Kier alpha value is -0.0400. The van der Waals surface area contributed by atoms with Gasteiger partial charge in [-0.25, -0.2) is 0 Å². The van der Waals surface area contributed by atoms with Crippen molar-refractivity contribution < 1.29 is 0 Å². The number of rotatable bonds is 10. The molecule has 1 atom stereocenters. The van der Waals surface area contributed by atoms with Gasteiger partial charge in [0.15, 0.2) is 0 Å². The van der Waals surface area contributed by atoms with E-state index in [4.69, 9.17) is 0 Å². The van der Waals surface area contributed by atoms with Gasteiger partial charge in [-0.3, -0.25) is 0 Å². The maximum atomic E-state index is 2.64. The van der Waals surface area contributed by atoms with Crippen molar-refractivity contribution in [2.24, 2.45) is 17.8 Å². The normalized spacial score (nSPS) is 13.9. The predicted molar refractivity (Wildman–Crippen MR) is 79.4 cm³/mol. The third-order valence-corrected chi connectivity index (χ3v) is 4.39. The van der Waals surface area contributed by atoms with E-state index in [-0.39, 0.29) is 0 Å². The maximum Gasteiger partial charge on any atom is 0.000934 e. The summed E-state index contributed by atoms with van der Waals surface area (Å²) in [5.74, 6) is 2.61. The molecule has 0 heterocycles. The van der Waals surface area contributed by atoms with Gasteiger partial charge in [0.2, 0.25) is 0 Å². The SMILES string of the molecule is CCC(CC)CN(CC)CCCC(C)C(C)C. The fourth-order valence-electron chi connectivity index (χ4n) is 2.26. The summed E-state index contributed by atoms with van der Waals surface area (Å²) in [7, 11) is 0. The fourth-order valence-corrected chi connectivity index (χ4v) is 2.26. The minimum Gasteiger partial charge on any atom is -0.303 e. The van der Waals surface area contributed by atoms with Crippen molar-refractivity contribution in [3.05, 3.63) is 0 Å². The molecule has 0 aliphatic heterocycles. The average molecular weight is 241 g/mol. The van der Waals surface area contributed by atoms with Gasteiger partial charge in [0, 0.05) is 6.54 Å². The average Bonchev–Trinajstić information content (AvgIpc) is 2.33. The standard InChI is InChI=1S/C16H35N/c1-7-16(8-2)13-17(9-3)12-10-11-15(6)14(4)5/h14-16H,7-13H2,1-6H3. The van der Waals surface area contributed by atoms with Crippen molar-refractivity contribution in [3.63, 3.8) is 0 Å². The van der Waals surface area contributed by atoms with Crippen LogP contribution in [-0.2, 0) is 0 Å². The maximum absolute atomic E-state index is 2.64. The van der Waals surface area contributed by atoms with Crippen molar-refractivity contribution in [1.29, 1.82) is 0 Å². The van der Waals surface area contributed by atoms with Crippen molar-refractivity contribution >= 4 is 0 Å². The van der Waals surface area contributed by atoms with Crippen LogP contribution in [0.4, 0.5) is 0 Å². The molecule has 0 amide bonds. The van der Waals surface area contributed by atoms with Gasteiger partial charge in [-0.2, -0.15) is 0 Å². The summed E-state index contributed by atoms with van der Waals surface area (Å²) in [6.07, 6.45) is 5.41. The Labute approximate surface area is 110 Å². The third kappa shape index (κ3) is 7.81. The van der Waals surface area contributed by atoms with Crippen LogP contribution in [-0.4, -0.2) is 24.5 Å². The molecule has 0 saturated heterocycles. The van der Waals surface area contributed by atoms with Gasteiger partial charge in [0.25, 0.3) is 0 Å². The monoisotopic (exact) mass is 241 g/mol. The summed E-state index contributed by atoms with van der Waals surface area (Å²) >= 11 is 0. The van der Waals surface area contributed by atoms with Crippen molar-refractivity contribution in [3.8, 4) is 0 Å². The molecule has 0 aromatic rings. The zero-order valence-corrected chi connectivity index (χ0v) is 13.1. The van der Waals surface area contributed by atoms with E-state index >= 15 is 0 Å². The first kappa shape index (κ1) is 17.0. The second kappa shape index (κ2) is 9.94. The number of hydrogen-bond donors (Lipinski definition) is 0. The molecule has 0 aliphatic rings. The first-order chi connectivity index (χ1) is 8.04.